The molecule has 0 aromatic heterocycles. The summed E-state index contributed by atoms with van der Waals surface area (Å²) in [5.74, 6) is -4.85. The fraction of sp³-hybridized carbons (Fsp3) is 0.550. The Kier molecular flexibility index (Phi) is 6.73. The molecule has 0 aliphatic heterocycles. The predicted octanol–water partition coefficient (Wildman–Crippen LogP) is 1.10. The molecule has 1 aromatic rings. The molecule has 1 N–H and O–H groups in total. The number of rotatable bonds is 6. The van der Waals surface area contributed by atoms with Gasteiger partial charge in [-0.25, -0.2) is 0 Å². The minimum Gasteiger partial charge on any atom is -0.493 e. The molecule has 9 heteroatoms. The summed E-state index contributed by atoms with van der Waals surface area (Å²) in [5, 5.41) is 10.9. The van der Waals surface area contributed by atoms with E-state index in [0.29, 0.717) is 11.3 Å². The van der Waals surface area contributed by atoms with E-state index in [2.05, 4.69) is 0 Å². The zero-order valence-electron chi connectivity index (χ0n) is 17.3. The van der Waals surface area contributed by atoms with Crippen molar-refractivity contribution in [2.24, 2.45) is 11.8 Å². The molecule has 1 saturated carbocycles. The van der Waals surface area contributed by atoms with Crippen LogP contribution in [0.2, 0.25) is 0 Å². The minimum atomic E-state index is -1.74. The van der Waals surface area contributed by atoms with Crippen molar-refractivity contribution >= 4 is 17.7 Å². The first-order valence-corrected chi connectivity index (χ1v) is 8.87. The Hall–Kier alpha value is -2.81. The summed E-state index contributed by atoms with van der Waals surface area (Å²) in [7, 11) is 6.59. The molecule has 0 saturated heterocycles. The second kappa shape index (κ2) is 8.69. The smallest absolute Gasteiger partial charge is 0.316 e. The number of Topliss-reactive ketones (excluding diaryl/α,β-unsaturated/α-hetero) is 1. The Morgan fingerprint density at radius 3 is 1.90 bits per heavy atom. The lowest BCUT2D eigenvalue weighted by molar-refractivity contribution is -0.170. The summed E-state index contributed by atoms with van der Waals surface area (Å²) in [6.07, 6.45) is -0.395. The first kappa shape index (κ1) is 22.5. The first-order chi connectivity index (χ1) is 13.7. The van der Waals surface area contributed by atoms with Crippen molar-refractivity contribution in [3.63, 3.8) is 0 Å². The summed E-state index contributed by atoms with van der Waals surface area (Å²) in [6.45, 7) is 1.37. The lowest BCUT2D eigenvalue weighted by Gasteiger charge is -2.43. The van der Waals surface area contributed by atoms with E-state index in [4.69, 9.17) is 23.7 Å². The van der Waals surface area contributed by atoms with Crippen LogP contribution in [-0.4, -0.2) is 64.0 Å². The third-order valence-corrected chi connectivity index (χ3v) is 5.25. The van der Waals surface area contributed by atoms with Gasteiger partial charge in [-0.3, -0.25) is 14.4 Å². The number of aliphatic hydroxyl groups is 1. The average molecular weight is 410 g/mol. The van der Waals surface area contributed by atoms with Crippen molar-refractivity contribution in [1.82, 2.24) is 0 Å². The van der Waals surface area contributed by atoms with Gasteiger partial charge in [-0.15, -0.1) is 0 Å². The number of esters is 2. The summed E-state index contributed by atoms with van der Waals surface area (Å²) in [5.41, 5.74) is -1.38. The van der Waals surface area contributed by atoms with Crippen LogP contribution >= 0.6 is 0 Å². The number of ketones is 1. The van der Waals surface area contributed by atoms with Crippen LogP contribution in [0.25, 0.3) is 0 Å². The van der Waals surface area contributed by atoms with Crippen LogP contribution in [0, 0.1) is 11.8 Å². The van der Waals surface area contributed by atoms with Crippen LogP contribution in [0.4, 0.5) is 0 Å². The van der Waals surface area contributed by atoms with E-state index in [1.807, 2.05) is 0 Å². The molecule has 2 rings (SSSR count). The highest BCUT2D eigenvalue weighted by molar-refractivity contribution is 6.02. The van der Waals surface area contributed by atoms with Crippen LogP contribution in [-0.2, 0) is 23.9 Å². The van der Waals surface area contributed by atoms with Crippen molar-refractivity contribution in [1.29, 1.82) is 0 Å². The molecule has 1 aliphatic rings. The lowest BCUT2D eigenvalue weighted by Crippen LogP contribution is -2.55. The van der Waals surface area contributed by atoms with Crippen molar-refractivity contribution in [3.05, 3.63) is 17.7 Å². The number of carbonyl (C=O) groups is 3. The highest BCUT2D eigenvalue weighted by atomic mass is 16.5. The van der Waals surface area contributed by atoms with Gasteiger partial charge in [0.25, 0.3) is 0 Å². The Labute approximate surface area is 168 Å². The van der Waals surface area contributed by atoms with Gasteiger partial charge in [0.1, 0.15) is 5.92 Å². The van der Waals surface area contributed by atoms with Crippen LogP contribution < -0.4 is 14.2 Å². The first-order valence-electron chi connectivity index (χ1n) is 8.87. The van der Waals surface area contributed by atoms with E-state index >= 15 is 0 Å². The Morgan fingerprint density at radius 1 is 0.966 bits per heavy atom. The van der Waals surface area contributed by atoms with E-state index < -0.39 is 47.5 Å². The van der Waals surface area contributed by atoms with Gasteiger partial charge in [0, 0.05) is 12.3 Å². The van der Waals surface area contributed by atoms with Gasteiger partial charge < -0.3 is 28.8 Å². The number of hydrogen-bond donors (Lipinski definition) is 1. The molecule has 29 heavy (non-hydrogen) atoms. The zero-order valence-corrected chi connectivity index (χ0v) is 17.3. The molecule has 0 radical (unpaired) electrons. The second-order valence-corrected chi connectivity index (χ2v) is 6.99. The topological polar surface area (TPSA) is 118 Å². The summed E-state index contributed by atoms with van der Waals surface area (Å²) in [6, 6.07) is 3.07. The van der Waals surface area contributed by atoms with Crippen molar-refractivity contribution in [2.45, 2.75) is 24.9 Å². The monoisotopic (exact) mass is 410 g/mol. The molecule has 0 amide bonds. The molecule has 1 aromatic carbocycles. The zero-order chi connectivity index (χ0) is 21.9. The van der Waals surface area contributed by atoms with Gasteiger partial charge in [-0.1, -0.05) is 0 Å². The van der Waals surface area contributed by atoms with Crippen molar-refractivity contribution < 1.29 is 43.2 Å². The van der Waals surface area contributed by atoms with Gasteiger partial charge in [-0.05, 0) is 24.6 Å². The van der Waals surface area contributed by atoms with E-state index in [1.165, 1.54) is 47.5 Å². The normalized spacial score (nSPS) is 26.4. The summed E-state index contributed by atoms with van der Waals surface area (Å²) in [4.78, 5) is 37.9. The third kappa shape index (κ3) is 4.00. The molecule has 9 nitrogen and oxygen atoms in total. The Bertz CT molecular complexity index is 774. The van der Waals surface area contributed by atoms with Crippen LogP contribution in [0.1, 0.15) is 24.8 Å². The van der Waals surface area contributed by atoms with Gasteiger partial charge >= 0.3 is 11.9 Å². The molecule has 160 valence electrons. The van der Waals surface area contributed by atoms with Crippen LogP contribution in [0.15, 0.2) is 12.1 Å². The quantitative estimate of drug-likeness (QED) is 0.543. The second-order valence-electron chi connectivity index (χ2n) is 6.99. The van der Waals surface area contributed by atoms with Crippen LogP contribution in [0.5, 0.6) is 17.2 Å². The molecule has 0 heterocycles. The molecule has 0 bridgehead atoms. The average Bonchev–Trinajstić information content (AvgIpc) is 2.70. The molecule has 1 fully saturated rings. The largest absolute Gasteiger partial charge is 0.493 e. The molecular weight excluding hydrogens is 384 g/mol. The van der Waals surface area contributed by atoms with E-state index in [9.17, 15) is 19.5 Å². The number of methoxy groups -OCH3 is 5. The summed E-state index contributed by atoms with van der Waals surface area (Å²) >= 11 is 0. The van der Waals surface area contributed by atoms with Crippen molar-refractivity contribution in [2.75, 3.05) is 35.5 Å². The predicted molar refractivity (Wildman–Crippen MR) is 100 cm³/mol. The molecule has 0 unspecified atom stereocenters. The van der Waals surface area contributed by atoms with E-state index in [-0.39, 0.29) is 11.5 Å². The maximum absolute atomic E-state index is 12.8. The highest BCUT2D eigenvalue weighted by Crippen LogP contribution is 2.49. The van der Waals surface area contributed by atoms with Gasteiger partial charge in [-0.2, -0.15) is 0 Å². The highest BCUT2D eigenvalue weighted by Gasteiger charge is 2.57. The fourth-order valence-electron chi connectivity index (χ4n) is 3.96. The van der Waals surface area contributed by atoms with E-state index in [0.717, 1.165) is 7.11 Å². The third-order valence-electron chi connectivity index (χ3n) is 5.25. The lowest BCUT2D eigenvalue weighted by atomic mass is 9.61. The number of benzene rings is 1. The fourth-order valence-corrected chi connectivity index (χ4v) is 3.96. The SMILES string of the molecule is COC(=O)[C@@H]1C(=O)C[C@@](C)(O)[C@@H](C(=O)OC)[C@@H]1c1cc(OC)c(OC)c(OC)c1. The van der Waals surface area contributed by atoms with Crippen molar-refractivity contribution in [3.8, 4) is 17.2 Å². The number of carbonyl (C=O) groups excluding carboxylic acids is 3. The number of hydrogen-bond acceptors (Lipinski definition) is 9. The number of ether oxygens (including phenoxy) is 5. The molecular formula is C20H26O9. The Morgan fingerprint density at radius 2 is 1.48 bits per heavy atom. The minimum absolute atomic E-state index is 0.270. The van der Waals surface area contributed by atoms with E-state index in [1.54, 1.807) is 0 Å². The Balaban J connectivity index is 2.80. The maximum Gasteiger partial charge on any atom is 0.316 e. The molecule has 1 aliphatic carbocycles. The van der Waals surface area contributed by atoms with Crippen LogP contribution in [0.3, 0.4) is 0 Å². The van der Waals surface area contributed by atoms with Gasteiger partial charge in [0.05, 0.1) is 47.1 Å². The van der Waals surface area contributed by atoms with Gasteiger partial charge in [0.2, 0.25) is 5.75 Å². The summed E-state index contributed by atoms with van der Waals surface area (Å²) < 4.78 is 25.7. The van der Waals surface area contributed by atoms with Gasteiger partial charge in [0.15, 0.2) is 17.3 Å². The molecule has 4 atom stereocenters. The molecule has 0 spiro atoms. The maximum atomic E-state index is 12.8. The standard InChI is InChI=1S/C20H26O9/c1-20(24)9-11(21)15(18(22)28-5)14(16(20)19(23)29-6)10-7-12(25-2)17(27-4)13(8-10)26-3/h7-8,14-16,24H,9H2,1-6H3/t14-,15-,16-,20-/m1/s1.